The Labute approximate surface area is 136 Å². The first-order chi connectivity index (χ1) is 11.1. The van der Waals surface area contributed by atoms with Gasteiger partial charge in [0.25, 0.3) is 0 Å². The number of aromatic nitrogens is 2. The molecule has 3 rings (SSSR count). The molecule has 0 aliphatic carbocycles. The number of ether oxygens (including phenoxy) is 1. The van der Waals surface area contributed by atoms with E-state index in [0.29, 0.717) is 51.7 Å². The van der Waals surface area contributed by atoms with Crippen molar-refractivity contribution in [1.29, 1.82) is 0 Å². The summed E-state index contributed by atoms with van der Waals surface area (Å²) in [7, 11) is 0. The quantitative estimate of drug-likeness (QED) is 0.821. The molecular weight excluding hydrogens is 296 g/mol. The Bertz CT molecular complexity index is 578. The first-order valence-corrected chi connectivity index (χ1v) is 8.23. The van der Waals surface area contributed by atoms with Crippen LogP contribution in [0.1, 0.15) is 32.0 Å². The van der Waals surface area contributed by atoms with E-state index in [1.165, 1.54) is 0 Å². The molecule has 0 N–H and O–H groups in total. The van der Waals surface area contributed by atoms with Crippen LogP contribution >= 0.6 is 0 Å². The zero-order valence-electron chi connectivity index (χ0n) is 13.8. The fourth-order valence-corrected chi connectivity index (χ4v) is 3.14. The number of rotatable bonds is 3. The molecule has 0 bridgehead atoms. The second-order valence-corrected chi connectivity index (χ2v) is 6.59. The summed E-state index contributed by atoms with van der Waals surface area (Å²) >= 11 is 0. The van der Waals surface area contributed by atoms with E-state index in [-0.39, 0.29) is 11.8 Å². The first kappa shape index (κ1) is 16.0. The van der Waals surface area contributed by atoms with Crippen molar-refractivity contribution in [2.45, 2.75) is 32.9 Å². The van der Waals surface area contributed by atoms with Crippen LogP contribution in [0.2, 0.25) is 0 Å². The van der Waals surface area contributed by atoms with Crippen LogP contribution in [0.5, 0.6) is 0 Å². The average molecular weight is 320 g/mol. The second kappa shape index (κ2) is 6.70. The fraction of sp³-hybridized carbons (Fsp3) is 0.688. The maximum atomic E-state index is 12.9. The highest BCUT2D eigenvalue weighted by Crippen LogP contribution is 2.24. The van der Waals surface area contributed by atoms with Gasteiger partial charge in [0.05, 0.1) is 32.0 Å². The third-order valence-corrected chi connectivity index (χ3v) is 4.34. The number of hydrogen-bond donors (Lipinski definition) is 0. The topological polar surface area (TPSA) is 67.7 Å². The second-order valence-electron chi connectivity index (χ2n) is 6.59. The zero-order valence-corrected chi connectivity index (χ0v) is 13.8. The maximum Gasteiger partial charge on any atom is 0.249 e. The van der Waals surface area contributed by atoms with Gasteiger partial charge in [0.15, 0.2) is 0 Å². The molecule has 0 spiro atoms. The minimum absolute atomic E-state index is 0.0281. The van der Waals surface area contributed by atoms with Gasteiger partial charge in [-0.1, -0.05) is 13.8 Å². The Morgan fingerprint density at radius 2 is 2.04 bits per heavy atom. The van der Waals surface area contributed by atoms with E-state index in [4.69, 9.17) is 4.74 Å². The lowest BCUT2D eigenvalue weighted by Gasteiger charge is -2.37. The van der Waals surface area contributed by atoms with Crippen LogP contribution in [-0.4, -0.2) is 64.2 Å². The van der Waals surface area contributed by atoms with E-state index in [0.717, 1.165) is 5.69 Å². The summed E-state index contributed by atoms with van der Waals surface area (Å²) in [5.74, 6) is 0.440. The lowest BCUT2D eigenvalue weighted by molar-refractivity contribution is -0.143. The van der Waals surface area contributed by atoms with Crippen LogP contribution in [0.3, 0.4) is 0 Å². The van der Waals surface area contributed by atoms with E-state index in [1.807, 2.05) is 24.8 Å². The molecule has 1 saturated heterocycles. The Morgan fingerprint density at radius 1 is 1.30 bits per heavy atom. The summed E-state index contributed by atoms with van der Waals surface area (Å²) < 4.78 is 7.09. The van der Waals surface area contributed by atoms with E-state index >= 15 is 0 Å². The van der Waals surface area contributed by atoms with E-state index in [2.05, 4.69) is 5.10 Å². The van der Waals surface area contributed by atoms with Crippen molar-refractivity contribution < 1.29 is 14.3 Å². The van der Waals surface area contributed by atoms with Gasteiger partial charge >= 0.3 is 0 Å². The molecular formula is C16H24N4O3. The molecule has 1 aromatic rings. The fourth-order valence-electron chi connectivity index (χ4n) is 3.14. The normalized spacial score (nSPS) is 21.4. The first-order valence-electron chi connectivity index (χ1n) is 8.23. The van der Waals surface area contributed by atoms with Crippen molar-refractivity contribution in [2.75, 3.05) is 32.8 Å². The predicted molar refractivity (Wildman–Crippen MR) is 83.5 cm³/mol. The average Bonchev–Trinajstić information content (AvgIpc) is 3.02. The molecule has 2 amide bonds. The van der Waals surface area contributed by atoms with Crippen LogP contribution in [0.4, 0.5) is 0 Å². The van der Waals surface area contributed by atoms with Gasteiger partial charge in [0.1, 0.15) is 6.04 Å². The Balaban J connectivity index is 1.78. The minimum atomic E-state index is -0.428. The molecule has 1 aromatic heterocycles. The maximum absolute atomic E-state index is 12.9. The molecule has 23 heavy (non-hydrogen) atoms. The summed E-state index contributed by atoms with van der Waals surface area (Å²) in [5.41, 5.74) is 0.917. The molecule has 1 fully saturated rings. The van der Waals surface area contributed by atoms with E-state index < -0.39 is 6.04 Å². The van der Waals surface area contributed by atoms with Crippen molar-refractivity contribution in [1.82, 2.24) is 19.6 Å². The van der Waals surface area contributed by atoms with E-state index in [9.17, 15) is 9.59 Å². The van der Waals surface area contributed by atoms with Crippen LogP contribution in [0.25, 0.3) is 0 Å². The van der Waals surface area contributed by atoms with Gasteiger partial charge < -0.3 is 14.5 Å². The minimum Gasteiger partial charge on any atom is -0.378 e. The molecule has 0 aromatic carbocycles. The number of nitrogens with zero attached hydrogens (tertiary/aromatic N) is 4. The van der Waals surface area contributed by atoms with E-state index in [1.54, 1.807) is 15.8 Å². The third kappa shape index (κ3) is 3.39. The van der Waals surface area contributed by atoms with Crippen LogP contribution in [0, 0.1) is 5.92 Å². The molecule has 126 valence electrons. The smallest absolute Gasteiger partial charge is 0.249 e. The standard InChI is InChI=1S/C16H24N4O3/c1-12(2)9-15(21)19-10-13-3-4-17-20(13)14(11-19)16(22)18-5-7-23-8-6-18/h3-4,12,14H,5-11H2,1-2H3. The molecule has 1 unspecified atom stereocenters. The summed E-state index contributed by atoms with van der Waals surface area (Å²) in [6, 6.07) is 1.46. The largest absolute Gasteiger partial charge is 0.378 e. The summed E-state index contributed by atoms with van der Waals surface area (Å²) in [5, 5.41) is 4.31. The number of amides is 2. The molecule has 1 atom stereocenters. The highest BCUT2D eigenvalue weighted by atomic mass is 16.5. The number of carbonyl (C=O) groups excluding carboxylic acids is 2. The number of carbonyl (C=O) groups is 2. The zero-order chi connectivity index (χ0) is 16.4. The van der Waals surface area contributed by atoms with Gasteiger partial charge in [0.2, 0.25) is 11.8 Å². The molecule has 3 heterocycles. The molecule has 7 heteroatoms. The van der Waals surface area contributed by atoms with Gasteiger partial charge in [-0.05, 0) is 12.0 Å². The van der Waals surface area contributed by atoms with Crippen molar-refractivity contribution in [3.63, 3.8) is 0 Å². The summed E-state index contributed by atoms with van der Waals surface area (Å²) in [4.78, 5) is 28.9. The highest BCUT2D eigenvalue weighted by molar-refractivity contribution is 5.83. The third-order valence-electron chi connectivity index (χ3n) is 4.34. The highest BCUT2D eigenvalue weighted by Gasteiger charge is 2.35. The molecule has 2 aliphatic rings. The number of morpholine rings is 1. The van der Waals surface area contributed by atoms with Gasteiger partial charge in [-0.15, -0.1) is 0 Å². The lowest BCUT2D eigenvalue weighted by atomic mass is 10.1. The Hall–Kier alpha value is -1.89. The number of hydrogen-bond acceptors (Lipinski definition) is 4. The van der Waals surface area contributed by atoms with Crippen molar-refractivity contribution in [3.05, 3.63) is 18.0 Å². The summed E-state index contributed by atoms with van der Waals surface area (Å²) in [6.45, 7) is 7.33. The van der Waals surface area contributed by atoms with Gasteiger partial charge in [-0.3, -0.25) is 14.3 Å². The van der Waals surface area contributed by atoms with Gasteiger partial charge in [0, 0.05) is 25.7 Å². The number of fused-ring (bicyclic) bond motifs is 1. The van der Waals surface area contributed by atoms with Gasteiger partial charge in [-0.2, -0.15) is 5.10 Å². The van der Waals surface area contributed by atoms with Crippen molar-refractivity contribution >= 4 is 11.8 Å². The Kier molecular flexibility index (Phi) is 4.66. The summed E-state index contributed by atoms with van der Waals surface area (Å²) in [6.07, 6.45) is 2.21. The molecule has 0 saturated carbocycles. The van der Waals surface area contributed by atoms with Crippen molar-refractivity contribution in [2.24, 2.45) is 5.92 Å². The monoisotopic (exact) mass is 320 g/mol. The van der Waals surface area contributed by atoms with Crippen LogP contribution in [-0.2, 0) is 20.9 Å². The molecule has 7 nitrogen and oxygen atoms in total. The Morgan fingerprint density at radius 3 is 2.74 bits per heavy atom. The predicted octanol–water partition coefficient (Wildman–Crippen LogP) is 0.671. The van der Waals surface area contributed by atoms with Crippen LogP contribution < -0.4 is 0 Å². The lowest BCUT2D eigenvalue weighted by Crippen LogP contribution is -2.50. The SMILES string of the molecule is CC(C)CC(=O)N1Cc2ccnn2C(C(=O)N2CCOCC2)C1. The van der Waals surface area contributed by atoms with Crippen molar-refractivity contribution in [3.8, 4) is 0 Å². The molecule has 2 aliphatic heterocycles. The molecule has 0 radical (unpaired) electrons. The van der Waals surface area contributed by atoms with Crippen LogP contribution in [0.15, 0.2) is 12.3 Å². The van der Waals surface area contributed by atoms with Gasteiger partial charge in [-0.25, -0.2) is 0 Å².